The molecule has 13 heavy (non-hydrogen) atoms. The largest absolute Gasteiger partial charge is 0.260 e. The standard InChI is InChI=1S/C10H13Br2N/c1-3-8(11)7(2)10-9(12)5-4-6-13-10/h4-8H,3H2,1-2H3. The fourth-order valence-corrected chi connectivity index (χ4v) is 2.12. The normalized spacial score (nSPS) is 15.4. The molecular formula is C10H13Br2N. The van der Waals surface area contributed by atoms with Crippen molar-refractivity contribution < 1.29 is 0 Å². The van der Waals surface area contributed by atoms with Gasteiger partial charge in [0.25, 0.3) is 0 Å². The second-order valence-electron chi connectivity index (χ2n) is 3.08. The summed E-state index contributed by atoms with van der Waals surface area (Å²) in [6, 6.07) is 3.98. The number of halogens is 2. The summed E-state index contributed by atoms with van der Waals surface area (Å²) < 4.78 is 1.10. The summed E-state index contributed by atoms with van der Waals surface area (Å²) in [4.78, 5) is 4.87. The third kappa shape index (κ3) is 2.78. The van der Waals surface area contributed by atoms with Crippen molar-refractivity contribution in [3.8, 4) is 0 Å². The molecule has 3 heteroatoms. The van der Waals surface area contributed by atoms with Gasteiger partial charge in [0.2, 0.25) is 0 Å². The first-order valence-electron chi connectivity index (χ1n) is 4.41. The van der Waals surface area contributed by atoms with Crippen LogP contribution in [-0.4, -0.2) is 9.81 Å². The highest BCUT2D eigenvalue weighted by Crippen LogP contribution is 2.29. The monoisotopic (exact) mass is 305 g/mol. The van der Waals surface area contributed by atoms with Crippen LogP contribution in [0.25, 0.3) is 0 Å². The molecule has 0 aliphatic heterocycles. The van der Waals surface area contributed by atoms with Crippen molar-refractivity contribution >= 4 is 31.9 Å². The average Bonchev–Trinajstić information content (AvgIpc) is 2.16. The van der Waals surface area contributed by atoms with E-state index in [0.717, 1.165) is 16.6 Å². The maximum atomic E-state index is 4.37. The van der Waals surface area contributed by atoms with E-state index >= 15 is 0 Å². The minimum atomic E-state index is 0.445. The van der Waals surface area contributed by atoms with Gasteiger partial charge in [-0.15, -0.1) is 0 Å². The van der Waals surface area contributed by atoms with E-state index in [1.165, 1.54) is 0 Å². The minimum absolute atomic E-state index is 0.445. The van der Waals surface area contributed by atoms with Gasteiger partial charge in [0.1, 0.15) is 0 Å². The maximum absolute atomic E-state index is 4.37. The third-order valence-corrected chi connectivity index (χ3v) is 4.26. The number of alkyl halides is 1. The zero-order valence-corrected chi connectivity index (χ0v) is 11.0. The highest BCUT2D eigenvalue weighted by molar-refractivity contribution is 9.10. The number of rotatable bonds is 3. The molecule has 0 fully saturated rings. The molecule has 0 saturated carbocycles. The van der Waals surface area contributed by atoms with Crippen LogP contribution in [-0.2, 0) is 0 Å². The maximum Gasteiger partial charge on any atom is 0.0584 e. The zero-order chi connectivity index (χ0) is 9.84. The predicted octanol–water partition coefficient (Wildman–Crippen LogP) is 4.12. The van der Waals surface area contributed by atoms with Crippen LogP contribution in [0.2, 0.25) is 0 Å². The van der Waals surface area contributed by atoms with Crippen molar-refractivity contribution in [3.63, 3.8) is 0 Å². The van der Waals surface area contributed by atoms with E-state index < -0.39 is 0 Å². The highest BCUT2D eigenvalue weighted by atomic mass is 79.9. The third-order valence-electron chi connectivity index (χ3n) is 2.15. The van der Waals surface area contributed by atoms with Gasteiger partial charge in [0.05, 0.1) is 5.69 Å². The van der Waals surface area contributed by atoms with E-state index in [1.54, 1.807) is 0 Å². The smallest absolute Gasteiger partial charge is 0.0584 e. The van der Waals surface area contributed by atoms with Gasteiger partial charge < -0.3 is 0 Å². The zero-order valence-electron chi connectivity index (χ0n) is 7.80. The van der Waals surface area contributed by atoms with E-state index in [2.05, 4.69) is 50.7 Å². The minimum Gasteiger partial charge on any atom is -0.260 e. The molecule has 0 aliphatic rings. The topological polar surface area (TPSA) is 12.9 Å². The van der Waals surface area contributed by atoms with Crippen LogP contribution < -0.4 is 0 Å². The van der Waals surface area contributed by atoms with Crippen molar-refractivity contribution in [2.45, 2.75) is 31.0 Å². The molecule has 0 amide bonds. The number of nitrogens with zero attached hydrogens (tertiary/aromatic N) is 1. The number of hydrogen-bond donors (Lipinski definition) is 0. The van der Waals surface area contributed by atoms with Crippen LogP contribution >= 0.6 is 31.9 Å². The van der Waals surface area contributed by atoms with Crippen LogP contribution in [0.15, 0.2) is 22.8 Å². The summed E-state index contributed by atoms with van der Waals surface area (Å²) in [7, 11) is 0. The molecule has 72 valence electrons. The van der Waals surface area contributed by atoms with Crippen molar-refractivity contribution in [2.24, 2.45) is 0 Å². The summed E-state index contributed by atoms with van der Waals surface area (Å²) in [6.07, 6.45) is 2.95. The molecule has 0 bridgehead atoms. The lowest BCUT2D eigenvalue weighted by Gasteiger charge is -2.16. The number of pyridine rings is 1. The van der Waals surface area contributed by atoms with Crippen LogP contribution in [0.1, 0.15) is 31.9 Å². The Morgan fingerprint density at radius 1 is 1.54 bits per heavy atom. The molecule has 2 unspecified atom stereocenters. The summed E-state index contributed by atoms with van der Waals surface area (Å²) in [5.74, 6) is 0.445. The van der Waals surface area contributed by atoms with Crippen molar-refractivity contribution in [3.05, 3.63) is 28.5 Å². The number of hydrogen-bond acceptors (Lipinski definition) is 1. The molecule has 1 heterocycles. The molecule has 0 aromatic carbocycles. The first-order valence-corrected chi connectivity index (χ1v) is 6.12. The summed E-state index contributed by atoms with van der Waals surface area (Å²) in [6.45, 7) is 4.36. The van der Waals surface area contributed by atoms with Gasteiger partial charge in [-0.1, -0.05) is 29.8 Å². The van der Waals surface area contributed by atoms with Crippen LogP contribution in [0.4, 0.5) is 0 Å². The fraction of sp³-hybridized carbons (Fsp3) is 0.500. The Kier molecular flexibility index (Phi) is 4.39. The second kappa shape index (κ2) is 5.11. The summed E-state index contributed by atoms with van der Waals surface area (Å²) in [5, 5.41) is 0. The van der Waals surface area contributed by atoms with E-state index in [-0.39, 0.29) is 0 Å². The van der Waals surface area contributed by atoms with Crippen molar-refractivity contribution in [1.29, 1.82) is 0 Å². The quantitative estimate of drug-likeness (QED) is 0.766. The Morgan fingerprint density at radius 3 is 2.77 bits per heavy atom. The second-order valence-corrected chi connectivity index (χ2v) is 5.11. The molecule has 0 spiro atoms. The lowest BCUT2D eigenvalue weighted by Crippen LogP contribution is -2.09. The Labute approximate surface area is 96.2 Å². The lowest BCUT2D eigenvalue weighted by molar-refractivity contribution is 0.671. The van der Waals surface area contributed by atoms with Gasteiger partial charge in [-0.05, 0) is 34.5 Å². The molecule has 0 N–H and O–H groups in total. The molecular weight excluding hydrogens is 294 g/mol. The van der Waals surface area contributed by atoms with E-state index in [0.29, 0.717) is 10.7 Å². The lowest BCUT2D eigenvalue weighted by atomic mass is 10.0. The molecule has 1 rings (SSSR count). The highest BCUT2D eigenvalue weighted by Gasteiger charge is 2.17. The molecule has 1 aromatic rings. The van der Waals surface area contributed by atoms with Gasteiger partial charge in [0, 0.05) is 21.4 Å². The Morgan fingerprint density at radius 2 is 2.23 bits per heavy atom. The molecule has 0 aliphatic carbocycles. The van der Waals surface area contributed by atoms with Gasteiger partial charge >= 0.3 is 0 Å². The SMILES string of the molecule is CCC(Br)C(C)c1ncccc1Br. The average molecular weight is 307 g/mol. The summed E-state index contributed by atoms with van der Waals surface area (Å²) in [5.41, 5.74) is 1.13. The molecule has 2 atom stereocenters. The first-order chi connectivity index (χ1) is 6.16. The van der Waals surface area contributed by atoms with Crippen LogP contribution in [0, 0.1) is 0 Å². The molecule has 1 aromatic heterocycles. The predicted molar refractivity (Wildman–Crippen MR) is 63.4 cm³/mol. The molecule has 0 radical (unpaired) electrons. The Bertz CT molecular complexity index is 275. The first kappa shape index (κ1) is 11.2. The summed E-state index contributed by atoms with van der Waals surface area (Å²) >= 11 is 7.16. The Hall–Kier alpha value is 0.110. The van der Waals surface area contributed by atoms with Gasteiger partial charge in [-0.25, -0.2) is 0 Å². The van der Waals surface area contributed by atoms with E-state index in [1.807, 2.05) is 18.3 Å². The van der Waals surface area contributed by atoms with Crippen LogP contribution in [0.5, 0.6) is 0 Å². The Balaban J connectivity index is 2.88. The van der Waals surface area contributed by atoms with Gasteiger partial charge in [-0.3, -0.25) is 4.98 Å². The van der Waals surface area contributed by atoms with E-state index in [4.69, 9.17) is 0 Å². The fourth-order valence-electron chi connectivity index (χ4n) is 1.26. The molecule has 0 saturated heterocycles. The van der Waals surface area contributed by atoms with Crippen LogP contribution in [0.3, 0.4) is 0 Å². The van der Waals surface area contributed by atoms with Gasteiger partial charge in [-0.2, -0.15) is 0 Å². The van der Waals surface area contributed by atoms with Crippen molar-refractivity contribution in [1.82, 2.24) is 4.98 Å². The molecule has 1 nitrogen and oxygen atoms in total. The van der Waals surface area contributed by atoms with E-state index in [9.17, 15) is 0 Å². The van der Waals surface area contributed by atoms with Gasteiger partial charge in [0.15, 0.2) is 0 Å². The van der Waals surface area contributed by atoms with Crippen molar-refractivity contribution in [2.75, 3.05) is 0 Å². The number of aromatic nitrogens is 1.